The van der Waals surface area contributed by atoms with Gasteiger partial charge < -0.3 is 14.9 Å². The second-order valence-electron chi connectivity index (χ2n) is 5.89. The van der Waals surface area contributed by atoms with Crippen LogP contribution in [0.15, 0.2) is 29.8 Å². The Labute approximate surface area is 143 Å². The van der Waals surface area contributed by atoms with Gasteiger partial charge in [0.05, 0.1) is 5.60 Å². The fourth-order valence-corrected chi connectivity index (χ4v) is 3.56. The van der Waals surface area contributed by atoms with Crippen molar-refractivity contribution in [1.29, 1.82) is 0 Å². The van der Waals surface area contributed by atoms with Gasteiger partial charge in [0.25, 0.3) is 0 Å². The molecule has 7 heteroatoms. The molecule has 2 N–H and O–H groups in total. The first-order chi connectivity index (χ1) is 10.6. The third-order valence-corrected chi connectivity index (χ3v) is 4.63. The molecule has 2 atom stereocenters. The summed E-state index contributed by atoms with van der Waals surface area (Å²) in [5.41, 5.74) is -2.17. The number of hydrogen-bond acceptors (Lipinski definition) is 3. The normalized spacial score (nSPS) is 27.4. The van der Waals surface area contributed by atoms with Crippen LogP contribution in [0.2, 0.25) is 10.0 Å². The molecule has 0 bridgehead atoms. The first-order valence-corrected chi connectivity index (χ1v) is 7.58. The second kappa shape index (κ2) is 6.15. The molecule has 5 nitrogen and oxygen atoms in total. The summed E-state index contributed by atoms with van der Waals surface area (Å²) in [5, 5.41) is 19.8. The maximum absolute atomic E-state index is 12.1. The second-order valence-corrected chi connectivity index (χ2v) is 6.76. The van der Waals surface area contributed by atoms with Crippen molar-refractivity contribution in [2.24, 2.45) is 0 Å². The van der Waals surface area contributed by atoms with Gasteiger partial charge >= 0.3 is 11.9 Å². The Bertz CT molecular complexity index is 679. The zero-order chi connectivity index (χ0) is 17.4. The Morgan fingerprint density at radius 3 is 2.17 bits per heavy atom. The lowest BCUT2D eigenvalue weighted by molar-refractivity contribution is -0.147. The summed E-state index contributed by atoms with van der Waals surface area (Å²) in [6.07, 6.45) is 1.36. The van der Waals surface area contributed by atoms with E-state index in [4.69, 9.17) is 27.9 Å². The quantitative estimate of drug-likeness (QED) is 0.859. The lowest BCUT2D eigenvalue weighted by Crippen LogP contribution is -2.47. The number of carboxylic acids is 2. The van der Waals surface area contributed by atoms with E-state index in [2.05, 4.69) is 0 Å². The third-order valence-electron chi connectivity index (χ3n) is 4.19. The van der Waals surface area contributed by atoms with Crippen LogP contribution in [0.3, 0.4) is 0 Å². The minimum Gasteiger partial charge on any atom is -0.481 e. The molecule has 1 aromatic carbocycles. The maximum Gasteiger partial charge on any atom is 0.331 e. The zero-order valence-electron chi connectivity index (χ0n) is 12.6. The topological polar surface area (TPSA) is 83.8 Å². The molecule has 2 rings (SSSR count). The van der Waals surface area contributed by atoms with Gasteiger partial charge in [0.1, 0.15) is 5.41 Å². The van der Waals surface area contributed by atoms with Crippen LogP contribution in [0.4, 0.5) is 0 Å². The number of carboxylic acid groups (broad SMARTS) is 2. The Kier molecular flexibility index (Phi) is 4.76. The lowest BCUT2D eigenvalue weighted by Gasteiger charge is -2.41. The van der Waals surface area contributed by atoms with E-state index in [1.54, 1.807) is 6.92 Å². The molecule has 0 fully saturated rings. The molecular weight excluding hydrogens is 343 g/mol. The predicted molar refractivity (Wildman–Crippen MR) is 86.1 cm³/mol. The molecule has 1 aliphatic carbocycles. The van der Waals surface area contributed by atoms with E-state index in [0.29, 0.717) is 15.6 Å². The van der Waals surface area contributed by atoms with Crippen molar-refractivity contribution in [1.82, 2.24) is 0 Å². The van der Waals surface area contributed by atoms with Gasteiger partial charge in [-0.1, -0.05) is 23.2 Å². The van der Waals surface area contributed by atoms with Crippen LogP contribution in [-0.2, 0) is 19.7 Å². The molecule has 0 saturated heterocycles. The van der Waals surface area contributed by atoms with E-state index < -0.39 is 23.0 Å². The number of benzene rings is 1. The fraction of sp³-hybridized carbons (Fsp3) is 0.375. The van der Waals surface area contributed by atoms with E-state index in [-0.39, 0.29) is 18.4 Å². The van der Waals surface area contributed by atoms with E-state index in [0.717, 1.165) is 0 Å². The van der Waals surface area contributed by atoms with E-state index in [1.807, 2.05) is 0 Å². The van der Waals surface area contributed by atoms with Crippen LogP contribution in [0.1, 0.15) is 25.3 Å². The Balaban J connectivity index is 2.68. The van der Waals surface area contributed by atoms with E-state index in [9.17, 15) is 19.8 Å². The first kappa shape index (κ1) is 17.8. The summed E-state index contributed by atoms with van der Waals surface area (Å²) in [6.45, 7) is 1.65. The number of carbonyl (C=O) groups is 2. The number of ether oxygens (including phenoxy) is 1. The van der Waals surface area contributed by atoms with Gasteiger partial charge in [-0.2, -0.15) is 0 Å². The molecule has 124 valence electrons. The lowest BCUT2D eigenvalue weighted by atomic mass is 9.65. The minimum absolute atomic E-state index is 0.0147. The van der Waals surface area contributed by atoms with Crippen molar-refractivity contribution in [3.63, 3.8) is 0 Å². The van der Waals surface area contributed by atoms with Gasteiger partial charge in [-0.25, -0.2) is 4.79 Å². The van der Waals surface area contributed by atoms with Gasteiger partial charge in [-0.05, 0) is 43.2 Å². The number of hydrogen-bond donors (Lipinski definition) is 2. The highest BCUT2D eigenvalue weighted by atomic mass is 35.5. The molecule has 0 radical (unpaired) electrons. The largest absolute Gasteiger partial charge is 0.481 e. The molecule has 23 heavy (non-hydrogen) atoms. The van der Waals surface area contributed by atoms with E-state index >= 15 is 0 Å². The van der Waals surface area contributed by atoms with Gasteiger partial charge in [0.2, 0.25) is 0 Å². The molecule has 1 aromatic rings. The van der Waals surface area contributed by atoms with Crippen LogP contribution in [-0.4, -0.2) is 34.9 Å². The van der Waals surface area contributed by atoms with Crippen molar-refractivity contribution >= 4 is 35.1 Å². The summed E-state index contributed by atoms with van der Waals surface area (Å²) >= 11 is 12.0. The monoisotopic (exact) mass is 358 g/mol. The zero-order valence-corrected chi connectivity index (χ0v) is 14.1. The SMILES string of the molecule is COC1(C)C=C(C(=O)O)CC(C(=O)O)(c2cc(Cl)cc(Cl)c2)C1. The number of aliphatic carboxylic acids is 2. The average molecular weight is 359 g/mol. The van der Waals surface area contributed by atoms with Crippen molar-refractivity contribution < 1.29 is 24.5 Å². The highest BCUT2D eigenvalue weighted by molar-refractivity contribution is 6.34. The smallest absolute Gasteiger partial charge is 0.331 e. The van der Waals surface area contributed by atoms with Crippen LogP contribution in [0.25, 0.3) is 0 Å². The average Bonchev–Trinajstić information content (AvgIpc) is 2.45. The third kappa shape index (κ3) is 3.37. The molecule has 0 aromatic heterocycles. The maximum atomic E-state index is 12.1. The Morgan fingerprint density at radius 1 is 1.17 bits per heavy atom. The van der Waals surface area contributed by atoms with Crippen LogP contribution >= 0.6 is 23.2 Å². The molecule has 1 aliphatic rings. The Hall–Kier alpha value is -1.56. The van der Waals surface area contributed by atoms with Crippen molar-refractivity contribution in [3.8, 4) is 0 Å². The highest BCUT2D eigenvalue weighted by Gasteiger charge is 2.50. The summed E-state index contributed by atoms with van der Waals surface area (Å²) in [7, 11) is 1.42. The van der Waals surface area contributed by atoms with Gasteiger partial charge in [-0.3, -0.25) is 4.79 Å². The van der Waals surface area contributed by atoms with Crippen molar-refractivity contribution in [3.05, 3.63) is 45.5 Å². The standard InChI is InChI=1S/C16H16Cl2O5/c1-15(23-2)6-9(13(19)20)7-16(8-15,14(21)22)10-3-11(17)5-12(18)4-10/h3-6H,7-8H2,1-2H3,(H,19,20)(H,21,22). The fourth-order valence-electron chi connectivity index (χ4n) is 3.03. The molecule has 0 spiro atoms. The number of methoxy groups -OCH3 is 1. The van der Waals surface area contributed by atoms with Crippen molar-refractivity contribution in [2.45, 2.75) is 30.8 Å². The predicted octanol–water partition coefficient (Wildman–Crippen LogP) is 3.53. The number of halogens is 2. The van der Waals surface area contributed by atoms with E-state index in [1.165, 1.54) is 31.4 Å². The Morgan fingerprint density at radius 2 is 1.74 bits per heavy atom. The van der Waals surface area contributed by atoms with Crippen LogP contribution < -0.4 is 0 Å². The molecular formula is C16H16Cl2O5. The summed E-state index contributed by atoms with van der Waals surface area (Å²) < 4.78 is 5.38. The summed E-state index contributed by atoms with van der Waals surface area (Å²) in [6, 6.07) is 4.50. The van der Waals surface area contributed by atoms with Crippen LogP contribution in [0, 0.1) is 0 Å². The van der Waals surface area contributed by atoms with Crippen LogP contribution in [0.5, 0.6) is 0 Å². The van der Waals surface area contributed by atoms with Crippen molar-refractivity contribution in [2.75, 3.05) is 7.11 Å². The summed E-state index contributed by atoms with van der Waals surface area (Å²) in [4.78, 5) is 23.6. The molecule has 0 amide bonds. The number of rotatable bonds is 4. The first-order valence-electron chi connectivity index (χ1n) is 6.82. The van der Waals surface area contributed by atoms with Gasteiger partial charge in [0.15, 0.2) is 0 Å². The highest BCUT2D eigenvalue weighted by Crippen LogP contribution is 2.46. The molecule has 0 saturated carbocycles. The molecule has 0 heterocycles. The van der Waals surface area contributed by atoms with Gasteiger partial charge in [0, 0.05) is 29.1 Å². The van der Waals surface area contributed by atoms with Gasteiger partial charge in [-0.15, -0.1) is 0 Å². The summed E-state index contributed by atoms with van der Waals surface area (Å²) in [5.74, 6) is -2.32. The molecule has 2 unspecified atom stereocenters. The molecule has 0 aliphatic heterocycles. The minimum atomic E-state index is -1.48.